The number of amides is 3. The minimum absolute atomic E-state index is 0.152. The van der Waals surface area contributed by atoms with Crippen molar-refractivity contribution >= 4 is 23.5 Å². The molecule has 3 amide bonds. The molecule has 5 nitrogen and oxygen atoms in total. The van der Waals surface area contributed by atoms with Crippen molar-refractivity contribution in [3.63, 3.8) is 0 Å². The molecule has 0 saturated carbocycles. The molecule has 7 heteroatoms. The average Bonchev–Trinajstić information content (AvgIpc) is 2.46. The van der Waals surface area contributed by atoms with Crippen molar-refractivity contribution in [3.8, 4) is 0 Å². The zero-order valence-electron chi connectivity index (χ0n) is 11.4. The van der Waals surface area contributed by atoms with E-state index in [-0.39, 0.29) is 23.4 Å². The molecule has 2 rings (SSSR count). The number of nitrogens with zero attached hydrogens (tertiary/aromatic N) is 1. The van der Waals surface area contributed by atoms with Crippen LogP contribution in [0.15, 0.2) is 18.2 Å². The summed E-state index contributed by atoms with van der Waals surface area (Å²) in [5.41, 5.74) is 5.88. The molecule has 1 atom stereocenters. The van der Waals surface area contributed by atoms with Crippen molar-refractivity contribution in [2.45, 2.75) is 19.4 Å². The molecule has 21 heavy (non-hydrogen) atoms. The maximum atomic E-state index is 12.9. The molecular formula is C14H17ClFN3O2. The van der Waals surface area contributed by atoms with Gasteiger partial charge in [-0.2, -0.15) is 0 Å². The highest BCUT2D eigenvalue weighted by Crippen LogP contribution is 2.19. The van der Waals surface area contributed by atoms with Gasteiger partial charge in [-0.05, 0) is 30.5 Å². The monoisotopic (exact) mass is 313 g/mol. The van der Waals surface area contributed by atoms with E-state index in [0.29, 0.717) is 25.1 Å². The molecule has 0 bridgehead atoms. The van der Waals surface area contributed by atoms with Crippen LogP contribution in [0.4, 0.5) is 9.18 Å². The number of hydrogen-bond donors (Lipinski definition) is 2. The fraction of sp³-hybridized carbons (Fsp3) is 0.429. The van der Waals surface area contributed by atoms with Crippen molar-refractivity contribution < 1.29 is 14.0 Å². The Hall–Kier alpha value is -1.82. The lowest BCUT2D eigenvalue weighted by Crippen LogP contribution is -2.47. The van der Waals surface area contributed by atoms with Crippen molar-refractivity contribution in [2.75, 3.05) is 13.1 Å². The minimum Gasteiger partial charge on any atom is -0.352 e. The van der Waals surface area contributed by atoms with Crippen LogP contribution in [0.3, 0.4) is 0 Å². The second kappa shape index (κ2) is 6.76. The van der Waals surface area contributed by atoms with Gasteiger partial charge in [0.1, 0.15) is 5.82 Å². The first-order valence-electron chi connectivity index (χ1n) is 6.73. The van der Waals surface area contributed by atoms with Crippen LogP contribution in [0.5, 0.6) is 0 Å². The number of primary amides is 1. The van der Waals surface area contributed by atoms with Crippen molar-refractivity contribution in [2.24, 2.45) is 11.7 Å². The lowest BCUT2D eigenvalue weighted by atomic mass is 9.97. The Labute approximate surface area is 127 Å². The summed E-state index contributed by atoms with van der Waals surface area (Å²) in [6, 6.07) is 3.53. The van der Waals surface area contributed by atoms with Crippen LogP contribution >= 0.6 is 11.6 Å². The summed E-state index contributed by atoms with van der Waals surface area (Å²) < 4.78 is 12.9. The third-order valence-corrected chi connectivity index (χ3v) is 3.92. The first-order chi connectivity index (χ1) is 9.97. The van der Waals surface area contributed by atoms with E-state index in [2.05, 4.69) is 5.32 Å². The van der Waals surface area contributed by atoms with E-state index in [1.165, 1.54) is 23.1 Å². The SMILES string of the molecule is NC(=O)N1CCC[C@H](C(=O)NCc2ccc(F)cc2Cl)C1. The molecule has 1 heterocycles. The Morgan fingerprint density at radius 2 is 2.24 bits per heavy atom. The van der Waals surface area contributed by atoms with Gasteiger partial charge < -0.3 is 16.0 Å². The van der Waals surface area contributed by atoms with Gasteiger partial charge in [-0.25, -0.2) is 9.18 Å². The van der Waals surface area contributed by atoms with E-state index >= 15 is 0 Å². The Morgan fingerprint density at radius 3 is 2.90 bits per heavy atom. The zero-order valence-corrected chi connectivity index (χ0v) is 12.2. The second-order valence-corrected chi connectivity index (χ2v) is 5.48. The summed E-state index contributed by atoms with van der Waals surface area (Å²) >= 11 is 5.90. The molecule has 0 aromatic heterocycles. The fourth-order valence-corrected chi connectivity index (χ4v) is 2.62. The van der Waals surface area contributed by atoms with Crippen molar-refractivity contribution in [3.05, 3.63) is 34.6 Å². The minimum atomic E-state index is -0.505. The number of carbonyl (C=O) groups is 2. The van der Waals surface area contributed by atoms with E-state index in [0.717, 1.165) is 6.42 Å². The van der Waals surface area contributed by atoms with E-state index in [1.54, 1.807) is 0 Å². The number of urea groups is 1. The molecule has 1 aromatic carbocycles. The summed E-state index contributed by atoms with van der Waals surface area (Å²) in [5.74, 6) is -0.841. The van der Waals surface area contributed by atoms with E-state index in [9.17, 15) is 14.0 Å². The number of benzene rings is 1. The van der Waals surface area contributed by atoms with E-state index in [4.69, 9.17) is 17.3 Å². The molecule has 1 aromatic rings. The van der Waals surface area contributed by atoms with E-state index in [1.807, 2.05) is 0 Å². The van der Waals surface area contributed by atoms with Crippen LogP contribution in [0, 0.1) is 11.7 Å². The molecular weight excluding hydrogens is 297 g/mol. The third kappa shape index (κ3) is 4.07. The predicted molar refractivity (Wildman–Crippen MR) is 77.1 cm³/mol. The first-order valence-corrected chi connectivity index (χ1v) is 7.11. The summed E-state index contributed by atoms with van der Waals surface area (Å²) in [6.45, 7) is 1.15. The molecule has 1 saturated heterocycles. The standard InChI is InChI=1S/C14H17ClFN3O2/c15-12-6-11(16)4-3-9(12)7-18-13(20)10-2-1-5-19(8-10)14(17)21/h3-4,6,10H,1-2,5,7-8H2,(H2,17,21)(H,18,20)/t10-/m0/s1. The number of rotatable bonds is 3. The summed E-state index contributed by atoms with van der Waals surface area (Å²) in [7, 11) is 0. The maximum absolute atomic E-state index is 12.9. The quantitative estimate of drug-likeness (QED) is 0.894. The Balaban J connectivity index is 1.90. The normalized spacial score (nSPS) is 18.4. The Kier molecular flexibility index (Phi) is 5.01. The summed E-state index contributed by atoms with van der Waals surface area (Å²) in [6.07, 6.45) is 1.46. The van der Waals surface area contributed by atoms with Gasteiger partial charge in [0.2, 0.25) is 5.91 Å². The molecule has 114 valence electrons. The Morgan fingerprint density at radius 1 is 1.48 bits per heavy atom. The van der Waals surface area contributed by atoms with Crippen LogP contribution in [0.25, 0.3) is 0 Å². The van der Waals surface area contributed by atoms with Crippen LogP contribution < -0.4 is 11.1 Å². The molecule has 1 aliphatic rings. The molecule has 0 unspecified atom stereocenters. The van der Waals surface area contributed by atoms with Crippen molar-refractivity contribution in [1.29, 1.82) is 0 Å². The number of hydrogen-bond acceptors (Lipinski definition) is 2. The lowest BCUT2D eigenvalue weighted by Gasteiger charge is -2.30. The van der Waals surface area contributed by atoms with Crippen LogP contribution in [0.1, 0.15) is 18.4 Å². The number of carbonyl (C=O) groups excluding carboxylic acids is 2. The topological polar surface area (TPSA) is 75.4 Å². The smallest absolute Gasteiger partial charge is 0.314 e. The van der Waals surface area contributed by atoms with Gasteiger partial charge in [-0.1, -0.05) is 17.7 Å². The molecule has 0 aliphatic carbocycles. The summed E-state index contributed by atoms with van der Waals surface area (Å²) in [5, 5.41) is 3.04. The first kappa shape index (κ1) is 15.6. The van der Waals surface area contributed by atoms with Gasteiger partial charge in [0, 0.05) is 24.7 Å². The number of nitrogens with two attached hydrogens (primary N) is 1. The largest absolute Gasteiger partial charge is 0.352 e. The average molecular weight is 314 g/mol. The van der Waals surface area contributed by atoms with Gasteiger partial charge in [0.15, 0.2) is 0 Å². The number of nitrogens with one attached hydrogen (secondary N) is 1. The number of likely N-dealkylation sites (tertiary alicyclic amines) is 1. The number of piperidine rings is 1. The van der Waals surface area contributed by atoms with Gasteiger partial charge in [0.05, 0.1) is 5.92 Å². The van der Waals surface area contributed by atoms with Gasteiger partial charge in [-0.3, -0.25) is 4.79 Å². The third-order valence-electron chi connectivity index (χ3n) is 3.57. The fourth-order valence-electron chi connectivity index (χ4n) is 2.38. The number of halogens is 2. The van der Waals surface area contributed by atoms with Crippen LogP contribution in [0.2, 0.25) is 5.02 Å². The van der Waals surface area contributed by atoms with Gasteiger partial charge >= 0.3 is 6.03 Å². The van der Waals surface area contributed by atoms with Crippen molar-refractivity contribution in [1.82, 2.24) is 10.2 Å². The molecule has 0 radical (unpaired) electrons. The molecule has 1 fully saturated rings. The highest BCUT2D eigenvalue weighted by atomic mass is 35.5. The summed E-state index contributed by atoms with van der Waals surface area (Å²) in [4.78, 5) is 24.7. The van der Waals surface area contributed by atoms with Gasteiger partial charge in [0.25, 0.3) is 0 Å². The van der Waals surface area contributed by atoms with E-state index < -0.39 is 11.8 Å². The highest BCUT2D eigenvalue weighted by Gasteiger charge is 2.27. The second-order valence-electron chi connectivity index (χ2n) is 5.08. The Bertz CT molecular complexity index is 553. The molecule has 1 aliphatic heterocycles. The maximum Gasteiger partial charge on any atom is 0.314 e. The van der Waals surface area contributed by atoms with Crippen LogP contribution in [-0.2, 0) is 11.3 Å². The lowest BCUT2D eigenvalue weighted by molar-refractivity contribution is -0.126. The zero-order chi connectivity index (χ0) is 15.4. The molecule has 0 spiro atoms. The highest BCUT2D eigenvalue weighted by molar-refractivity contribution is 6.31. The van der Waals surface area contributed by atoms with Gasteiger partial charge in [-0.15, -0.1) is 0 Å². The molecule has 3 N–H and O–H groups in total. The van der Waals surface area contributed by atoms with Crippen LogP contribution in [-0.4, -0.2) is 29.9 Å². The predicted octanol–water partition coefficient (Wildman–Crippen LogP) is 1.89.